The lowest BCUT2D eigenvalue weighted by Gasteiger charge is -2.24. The summed E-state index contributed by atoms with van der Waals surface area (Å²) in [7, 11) is 0. The molecule has 1 unspecified atom stereocenters. The van der Waals surface area contributed by atoms with Gasteiger partial charge in [-0.3, -0.25) is 0 Å². The third-order valence-electron chi connectivity index (χ3n) is 4.61. The molecule has 2 aromatic rings. The molecular formula is C19H22O4. The highest BCUT2D eigenvalue weighted by molar-refractivity contribution is 5.83. The van der Waals surface area contributed by atoms with E-state index in [-0.39, 0.29) is 11.7 Å². The van der Waals surface area contributed by atoms with Gasteiger partial charge in [-0.1, -0.05) is 19.9 Å². The average molecular weight is 314 g/mol. The highest BCUT2D eigenvalue weighted by atomic mass is 16.5. The standard InChI is InChI=1S/C19H22O4/c1-6-18(2,3)13-9-11-7-8-14-12(16(11)23-17(13)20)10-15(22-14)19(4,5)21/h6-9,15,21H,1,10H2,2-5H3. The van der Waals surface area contributed by atoms with Crippen molar-refractivity contribution in [2.45, 2.75) is 51.2 Å². The Balaban J connectivity index is 2.17. The lowest BCUT2D eigenvalue weighted by atomic mass is 9.85. The average Bonchev–Trinajstić information content (AvgIpc) is 2.91. The van der Waals surface area contributed by atoms with Crippen molar-refractivity contribution in [2.75, 3.05) is 0 Å². The molecule has 1 aliphatic heterocycles. The monoisotopic (exact) mass is 314 g/mol. The number of aliphatic hydroxyl groups is 1. The molecule has 1 aromatic heterocycles. The zero-order chi connectivity index (χ0) is 17.0. The maximum absolute atomic E-state index is 12.4. The number of hydrogen-bond donors (Lipinski definition) is 1. The van der Waals surface area contributed by atoms with Gasteiger partial charge in [0.05, 0.1) is 5.60 Å². The van der Waals surface area contributed by atoms with Crippen LogP contribution in [0, 0.1) is 0 Å². The Kier molecular flexibility index (Phi) is 3.41. The molecular weight excluding hydrogens is 292 g/mol. The Bertz CT molecular complexity index is 837. The van der Waals surface area contributed by atoms with Gasteiger partial charge in [-0.2, -0.15) is 0 Å². The van der Waals surface area contributed by atoms with Crippen LogP contribution in [0.4, 0.5) is 0 Å². The molecule has 1 aliphatic rings. The van der Waals surface area contributed by atoms with Crippen molar-refractivity contribution in [3.63, 3.8) is 0 Å². The molecule has 0 bridgehead atoms. The van der Waals surface area contributed by atoms with Gasteiger partial charge in [0.25, 0.3) is 0 Å². The maximum atomic E-state index is 12.4. The molecule has 1 aromatic carbocycles. The van der Waals surface area contributed by atoms with Crippen LogP contribution < -0.4 is 10.4 Å². The molecule has 4 nitrogen and oxygen atoms in total. The summed E-state index contributed by atoms with van der Waals surface area (Å²) in [5.74, 6) is 0.670. The van der Waals surface area contributed by atoms with E-state index < -0.39 is 11.0 Å². The van der Waals surface area contributed by atoms with E-state index in [4.69, 9.17) is 9.15 Å². The second kappa shape index (κ2) is 4.96. The summed E-state index contributed by atoms with van der Waals surface area (Å²) in [6, 6.07) is 5.61. The second-order valence-electron chi connectivity index (χ2n) is 7.30. The second-order valence-corrected chi connectivity index (χ2v) is 7.30. The third-order valence-corrected chi connectivity index (χ3v) is 4.61. The molecule has 0 saturated carbocycles. The molecule has 3 rings (SSSR count). The molecule has 0 saturated heterocycles. The van der Waals surface area contributed by atoms with Gasteiger partial charge in [0.2, 0.25) is 0 Å². The molecule has 23 heavy (non-hydrogen) atoms. The molecule has 1 atom stereocenters. The van der Waals surface area contributed by atoms with Crippen LogP contribution in [0.1, 0.15) is 38.8 Å². The van der Waals surface area contributed by atoms with E-state index in [1.165, 1.54) is 0 Å². The Morgan fingerprint density at radius 2 is 2.00 bits per heavy atom. The van der Waals surface area contributed by atoms with E-state index in [0.29, 0.717) is 23.3 Å². The zero-order valence-electron chi connectivity index (χ0n) is 14.0. The molecule has 2 heterocycles. The van der Waals surface area contributed by atoms with Gasteiger partial charge >= 0.3 is 5.63 Å². The fraction of sp³-hybridized carbons (Fsp3) is 0.421. The number of ether oxygens (including phenoxy) is 1. The summed E-state index contributed by atoms with van der Waals surface area (Å²) < 4.78 is 11.4. The molecule has 0 spiro atoms. The number of fused-ring (bicyclic) bond motifs is 3. The fourth-order valence-corrected chi connectivity index (χ4v) is 2.86. The van der Waals surface area contributed by atoms with Crippen molar-refractivity contribution in [3.05, 3.63) is 52.4 Å². The summed E-state index contributed by atoms with van der Waals surface area (Å²) in [5, 5.41) is 11.0. The predicted molar refractivity (Wildman–Crippen MR) is 90.1 cm³/mol. The normalized spacial score (nSPS) is 17.9. The van der Waals surface area contributed by atoms with Crippen molar-refractivity contribution in [2.24, 2.45) is 0 Å². The van der Waals surface area contributed by atoms with Crippen molar-refractivity contribution < 1.29 is 14.3 Å². The van der Waals surface area contributed by atoms with Crippen molar-refractivity contribution in [3.8, 4) is 5.75 Å². The fourth-order valence-electron chi connectivity index (χ4n) is 2.86. The minimum atomic E-state index is -0.962. The Labute approximate surface area is 135 Å². The lowest BCUT2D eigenvalue weighted by Crippen LogP contribution is -2.39. The Morgan fingerprint density at radius 1 is 1.30 bits per heavy atom. The maximum Gasteiger partial charge on any atom is 0.340 e. The minimum Gasteiger partial charge on any atom is -0.487 e. The largest absolute Gasteiger partial charge is 0.487 e. The summed E-state index contributed by atoms with van der Waals surface area (Å²) >= 11 is 0. The molecule has 122 valence electrons. The predicted octanol–water partition coefficient (Wildman–Crippen LogP) is 3.33. The molecule has 4 heteroatoms. The zero-order valence-corrected chi connectivity index (χ0v) is 14.0. The molecule has 0 aliphatic carbocycles. The molecule has 0 amide bonds. The van der Waals surface area contributed by atoms with Crippen LogP contribution in [0.15, 0.2) is 40.1 Å². The van der Waals surface area contributed by atoms with Crippen LogP contribution in [-0.4, -0.2) is 16.8 Å². The first kappa shape index (κ1) is 15.8. The van der Waals surface area contributed by atoms with Crippen LogP contribution in [-0.2, 0) is 11.8 Å². The smallest absolute Gasteiger partial charge is 0.340 e. The highest BCUT2D eigenvalue weighted by Gasteiger charge is 2.36. The molecule has 1 N–H and O–H groups in total. The van der Waals surface area contributed by atoms with Gasteiger partial charge in [-0.15, -0.1) is 6.58 Å². The van der Waals surface area contributed by atoms with E-state index in [2.05, 4.69) is 6.58 Å². The molecule has 0 fully saturated rings. The Hall–Kier alpha value is -2.07. The van der Waals surface area contributed by atoms with Gasteiger partial charge < -0.3 is 14.3 Å². The van der Waals surface area contributed by atoms with Gasteiger partial charge in [0.15, 0.2) is 0 Å². The summed E-state index contributed by atoms with van der Waals surface area (Å²) in [6.45, 7) is 11.1. The SMILES string of the molecule is C=CC(C)(C)c1cc2ccc3c(c2oc1=O)CC(C(C)(C)O)O3. The van der Waals surface area contributed by atoms with Gasteiger partial charge in [-0.25, -0.2) is 4.79 Å². The quantitative estimate of drug-likeness (QED) is 0.697. The highest BCUT2D eigenvalue weighted by Crippen LogP contribution is 2.38. The van der Waals surface area contributed by atoms with Crippen LogP contribution in [0.5, 0.6) is 5.75 Å². The first-order chi connectivity index (χ1) is 10.6. The van der Waals surface area contributed by atoms with Gasteiger partial charge in [-0.05, 0) is 32.0 Å². The number of rotatable bonds is 3. The number of benzene rings is 1. The van der Waals surface area contributed by atoms with Crippen molar-refractivity contribution in [1.29, 1.82) is 0 Å². The summed E-state index contributed by atoms with van der Waals surface area (Å²) in [5.41, 5.74) is 0.189. The van der Waals surface area contributed by atoms with E-state index in [1.807, 2.05) is 32.0 Å². The van der Waals surface area contributed by atoms with Crippen molar-refractivity contribution in [1.82, 2.24) is 0 Å². The number of hydrogen-bond acceptors (Lipinski definition) is 4. The first-order valence-corrected chi connectivity index (χ1v) is 7.76. The van der Waals surface area contributed by atoms with E-state index in [9.17, 15) is 9.90 Å². The van der Waals surface area contributed by atoms with E-state index >= 15 is 0 Å². The first-order valence-electron chi connectivity index (χ1n) is 7.76. The van der Waals surface area contributed by atoms with Crippen LogP contribution in [0.3, 0.4) is 0 Å². The summed E-state index contributed by atoms with van der Waals surface area (Å²) in [6.07, 6.45) is 1.91. The Morgan fingerprint density at radius 3 is 2.61 bits per heavy atom. The van der Waals surface area contributed by atoms with E-state index in [0.717, 1.165) is 10.9 Å². The van der Waals surface area contributed by atoms with Crippen LogP contribution >= 0.6 is 0 Å². The third kappa shape index (κ3) is 2.57. The molecule has 0 radical (unpaired) electrons. The topological polar surface area (TPSA) is 59.7 Å². The number of allylic oxidation sites excluding steroid dienone is 1. The van der Waals surface area contributed by atoms with Crippen molar-refractivity contribution >= 4 is 11.0 Å². The minimum absolute atomic E-state index is 0.349. The summed E-state index contributed by atoms with van der Waals surface area (Å²) in [4.78, 5) is 12.4. The van der Waals surface area contributed by atoms with E-state index in [1.54, 1.807) is 19.9 Å². The van der Waals surface area contributed by atoms with Gasteiger partial charge in [0.1, 0.15) is 17.4 Å². The van der Waals surface area contributed by atoms with Crippen LogP contribution in [0.2, 0.25) is 0 Å². The lowest BCUT2D eigenvalue weighted by molar-refractivity contribution is -0.0229. The van der Waals surface area contributed by atoms with Crippen LogP contribution in [0.25, 0.3) is 11.0 Å². The van der Waals surface area contributed by atoms with Gasteiger partial charge in [0, 0.05) is 28.3 Å².